The summed E-state index contributed by atoms with van der Waals surface area (Å²) in [7, 11) is 0. The Morgan fingerprint density at radius 3 is 2.65 bits per heavy atom. The van der Waals surface area contributed by atoms with Gasteiger partial charge < -0.3 is 14.8 Å². The van der Waals surface area contributed by atoms with Crippen LogP contribution in [0.1, 0.15) is 12.1 Å². The molecular weight excluding hydrogens is 417 g/mol. The zero-order valence-electron chi connectivity index (χ0n) is 16.7. The van der Waals surface area contributed by atoms with Crippen molar-refractivity contribution in [1.82, 2.24) is 9.97 Å². The number of aromatic nitrogens is 2. The minimum Gasteiger partial charge on any atom is -0.493 e. The van der Waals surface area contributed by atoms with Crippen LogP contribution in [-0.2, 0) is 6.61 Å². The predicted octanol–water partition coefficient (Wildman–Crippen LogP) is 6.34. The second-order valence-corrected chi connectivity index (χ2v) is 7.19. The molecule has 0 atom stereocenters. The highest BCUT2D eigenvalue weighted by Gasteiger charge is 2.10. The average molecular weight is 438 g/mol. The summed E-state index contributed by atoms with van der Waals surface area (Å²) in [6, 6.07) is 18.7. The standard InChI is InChI=1S/C24H21ClFN3O2/c25-19-15-17(8-9-22(19)31-16-18-5-1-2-12-27-18)29-21-10-13-28-20-6-3-7-23(24(20)21)30-14-4-11-26/h1-3,5-10,12-13,15H,4,11,14,16H2,(H,28,29). The highest BCUT2D eigenvalue weighted by molar-refractivity contribution is 6.32. The molecule has 0 fully saturated rings. The molecule has 4 rings (SSSR count). The molecule has 0 radical (unpaired) electrons. The largest absolute Gasteiger partial charge is 0.493 e. The molecule has 1 N–H and O–H groups in total. The van der Waals surface area contributed by atoms with Crippen molar-refractivity contribution in [2.45, 2.75) is 13.0 Å². The number of hydrogen-bond donors (Lipinski definition) is 1. The summed E-state index contributed by atoms with van der Waals surface area (Å²) < 4.78 is 24.0. The van der Waals surface area contributed by atoms with Crippen LogP contribution in [0.2, 0.25) is 5.02 Å². The molecule has 31 heavy (non-hydrogen) atoms. The fraction of sp³-hybridized carbons (Fsp3) is 0.167. The molecule has 2 heterocycles. The van der Waals surface area contributed by atoms with E-state index in [1.165, 1.54) is 0 Å². The molecule has 2 aromatic heterocycles. The van der Waals surface area contributed by atoms with Crippen molar-refractivity contribution >= 4 is 33.9 Å². The third-order valence-corrected chi connectivity index (χ3v) is 4.87. The summed E-state index contributed by atoms with van der Waals surface area (Å²) in [5.41, 5.74) is 3.22. The molecule has 0 amide bonds. The molecule has 0 aliphatic carbocycles. The number of fused-ring (bicyclic) bond motifs is 1. The van der Waals surface area contributed by atoms with Crippen molar-refractivity contribution in [3.05, 3.63) is 83.8 Å². The fourth-order valence-electron chi connectivity index (χ4n) is 3.12. The molecule has 0 bridgehead atoms. The second-order valence-electron chi connectivity index (χ2n) is 6.78. The van der Waals surface area contributed by atoms with Gasteiger partial charge in [-0.1, -0.05) is 23.7 Å². The first-order valence-electron chi connectivity index (χ1n) is 9.90. The van der Waals surface area contributed by atoms with Gasteiger partial charge in [-0.15, -0.1) is 0 Å². The van der Waals surface area contributed by atoms with Crippen LogP contribution in [0.15, 0.2) is 73.1 Å². The lowest BCUT2D eigenvalue weighted by Gasteiger charge is -2.15. The van der Waals surface area contributed by atoms with E-state index in [0.29, 0.717) is 36.2 Å². The Labute approximate surface area is 184 Å². The van der Waals surface area contributed by atoms with E-state index in [-0.39, 0.29) is 0 Å². The molecule has 0 saturated heterocycles. The maximum absolute atomic E-state index is 12.5. The molecule has 0 unspecified atom stereocenters. The first kappa shape index (κ1) is 20.9. The van der Waals surface area contributed by atoms with Crippen LogP contribution in [0.5, 0.6) is 11.5 Å². The fourth-order valence-corrected chi connectivity index (χ4v) is 3.36. The first-order valence-corrected chi connectivity index (χ1v) is 10.3. The van der Waals surface area contributed by atoms with Crippen molar-refractivity contribution in [2.24, 2.45) is 0 Å². The minimum absolute atomic E-state index is 0.304. The number of nitrogens with zero attached hydrogens (tertiary/aromatic N) is 2. The van der Waals surface area contributed by atoms with Crippen molar-refractivity contribution in [3.63, 3.8) is 0 Å². The topological polar surface area (TPSA) is 56.3 Å². The van der Waals surface area contributed by atoms with Crippen LogP contribution in [-0.4, -0.2) is 23.2 Å². The average Bonchev–Trinajstić information content (AvgIpc) is 2.80. The molecule has 0 aliphatic heterocycles. The third kappa shape index (κ3) is 5.22. The monoisotopic (exact) mass is 437 g/mol. The van der Waals surface area contributed by atoms with Gasteiger partial charge in [-0.2, -0.15) is 0 Å². The zero-order valence-corrected chi connectivity index (χ0v) is 17.5. The van der Waals surface area contributed by atoms with Gasteiger partial charge >= 0.3 is 0 Å². The van der Waals surface area contributed by atoms with E-state index in [4.69, 9.17) is 21.1 Å². The Bertz CT molecular complexity index is 1150. The lowest BCUT2D eigenvalue weighted by atomic mass is 10.1. The number of alkyl halides is 1. The Morgan fingerprint density at radius 1 is 0.903 bits per heavy atom. The molecule has 0 aliphatic rings. The van der Waals surface area contributed by atoms with Gasteiger partial charge in [0.15, 0.2) is 0 Å². The van der Waals surface area contributed by atoms with Gasteiger partial charge in [-0.05, 0) is 48.5 Å². The maximum Gasteiger partial charge on any atom is 0.138 e. The SMILES string of the molecule is FCCCOc1cccc2nccc(Nc3ccc(OCc4ccccn4)c(Cl)c3)c12. The van der Waals surface area contributed by atoms with Crippen molar-refractivity contribution in [1.29, 1.82) is 0 Å². The Kier molecular flexibility index (Phi) is 6.79. The summed E-state index contributed by atoms with van der Waals surface area (Å²) in [5.74, 6) is 1.23. The van der Waals surface area contributed by atoms with Gasteiger partial charge in [0.2, 0.25) is 0 Å². The minimum atomic E-state index is -0.415. The normalized spacial score (nSPS) is 10.8. The van der Waals surface area contributed by atoms with Gasteiger partial charge in [0.1, 0.15) is 18.1 Å². The number of halogens is 2. The quantitative estimate of drug-likeness (QED) is 0.309. The summed E-state index contributed by atoms with van der Waals surface area (Å²) in [4.78, 5) is 8.65. The maximum atomic E-state index is 12.5. The Balaban J connectivity index is 1.54. The van der Waals surface area contributed by atoms with E-state index in [1.807, 2.05) is 54.6 Å². The van der Waals surface area contributed by atoms with Crippen LogP contribution in [0.3, 0.4) is 0 Å². The van der Waals surface area contributed by atoms with Crippen molar-refractivity contribution < 1.29 is 13.9 Å². The van der Waals surface area contributed by atoms with Crippen LogP contribution in [0.25, 0.3) is 10.9 Å². The smallest absolute Gasteiger partial charge is 0.138 e. The van der Waals surface area contributed by atoms with E-state index in [9.17, 15) is 4.39 Å². The molecule has 2 aromatic carbocycles. The zero-order chi connectivity index (χ0) is 21.5. The summed E-state index contributed by atoms with van der Waals surface area (Å²) >= 11 is 6.44. The van der Waals surface area contributed by atoms with Crippen LogP contribution in [0, 0.1) is 0 Å². The number of rotatable bonds is 9. The number of anilines is 2. The number of nitrogens with one attached hydrogen (secondary N) is 1. The predicted molar refractivity (Wildman–Crippen MR) is 121 cm³/mol. The van der Waals surface area contributed by atoms with Crippen LogP contribution in [0.4, 0.5) is 15.8 Å². The molecular formula is C24H21ClFN3O2. The summed E-state index contributed by atoms with van der Waals surface area (Å²) in [6.07, 6.45) is 3.79. The highest BCUT2D eigenvalue weighted by Crippen LogP contribution is 2.35. The van der Waals surface area contributed by atoms with Gasteiger partial charge in [-0.25, -0.2) is 0 Å². The van der Waals surface area contributed by atoms with Crippen LogP contribution >= 0.6 is 11.6 Å². The number of ether oxygens (including phenoxy) is 2. The van der Waals surface area contributed by atoms with E-state index < -0.39 is 6.67 Å². The van der Waals surface area contributed by atoms with Crippen LogP contribution < -0.4 is 14.8 Å². The van der Waals surface area contributed by atoms with Gasteiger partial charge in [0.25, 0.3) is 0 Å². The molecule has 0 saturated carbocycles. The van der Waals surface area contributed by atoms with Gasteiger partial charge in [-0.3, -0.25) is 14.4 Å². The highest BCUT2D eigenvalue weighted by atomic mass is 35.5. The van der Waals surface area contributed by atoms with E-state index in [1.54, 1.807) is 18.5 Å². The molecule has 7 heteroatoms. The molecule has 5 nitrogen and oxygen atoms in total. The molecule has 4 aromatic rings. The van der Waals surface area contributed by atoms with E-state index >= 15 is 0 Å². The molecule has 158 valence electrons. The summed E-state index contributed by atoms with van der Waals surface area (Å²) in [5, 5.41) is 4.69. The Hall–Kier alpha value is -3.38. The lowest BCUT2D eigenvalue weighted by molar-refractivity contribution is 0.292. The van der Waals surface area contributed by atoms with Gasteiger partial charge in [0.05, 0.1) is 40.6 Å². The molecule has 0 spiro atoms. The third-order valence-electron chi connectivity index (χ3n) is 4.58. The van der Waals surface area contributed by atoms with Gasteiger partial charge in [0, 0.05) is 24.5 Å². The van der Waals surface area contributed by atoms with Crippen molar-refractivity contribution in [3.8, 4) is 11.5 Å². The number of benzene rings is 2. The number of pyridine rings is 2. The van der Waals surface area contributed by atoms with E-state index in [0.717, 1.165) is 28.0 Å². The second kappa shape index (κ2) is 10.1. The van der Waals surface area contributed by atoms with E-state index in [2.05, 4.69) is 15.3 Å². The summed E-state index contributed by atoms with van der Waals surface area (Å²) in [6.45, 7) is 0.224. The lowest BCUT2D eigenvalue weighted by Crippen LogP contribution is -2.01. The first-order chi connectivity index (χ1) is 15.2. The Morgan fingerprint density at radius 2 is 1.84 bits per heavy atom. The number of hydrogen-bond acceptors (Lipinski definition) is 5. The van der Waals surface area contributed by atoms with Crippen molar-refractivity contribution in [2.75, 3.05) is 18.6 Å².